The maximum atomic E-state index is 13.7. The predicted octanol–water partition coefficient (Wildman–Crippen LogP) is 5.66. The van der Waals surface area contributed by atoms with Crippen molar-refractivity contribution in [2.45, 2.75) is 25.2 Å². The summed E-state index contributed by atoms with van der Waals surface area (Å²) in [5.74, 6) is 1.28. The topological polar surface area (TPSA) is 69.7 Å². The van der Waals surface area contributed by atoms with E-state index in [0.717, 1.165) is 18.5 Å². The molecule has 4 rings (SSSR count). The van der Waals surface area contributed by atoms with E-state index >= 15 is 0 Å². The van der Waals surface area contributed by atoms with Crippen molar-refractivity contribution in [2.75, 3.05) is 27.9 Å². The predicted molar refractivity (Wildman–Crippen MR) is 133 cm³/mol. The quantitative estimate of drug-likeness (QED) is 0.412. The van der Waals surface area contributed by atoms with Gasteiger partial charge in [-0.2, -0.15) is 0 Å². The van der Waals surface area contributed by atoms with Crippen molar-refractivity contribution in [3.63, 3.8) is 0 Å². The first-order valence-electron chi connectivity index (χ1n) is 11.3. The van der Waals surface area contributed by atoms with E-state index in [2.05, 4.69) is 12.2 Å². The maximum absolute atomic E-state index is 13.7. The van der Waals surface area contributed by atoms with Crippen LogP contribution in [0.2, 0.25) is 5.02 Å². The number of carbonyl (C=O) groups is 1. The van der Waals surface area contributed by atoms with Crippen molar-refractivity contribution in [1.29, 1.82) is 0 Å². The third kappa shape index (κ3) is 5.05. The second kappa shape index (κ2) is 10.1. The Labute approximate surface area is 209 Å². The molecule has 1 saturated carbocycles. The van der Waals surface area contributed by atoms with E-state index in [1.165, 1.54) is 13.2 Å². The summed E-state index contributed by atoms with van der Waals surface area (Å²) in [7, 11) is 4.65. The van der Waals surface area contributed by atoms with Crippen LogP contribution in [0.3, 0.4) is 0 Å². The summed E-state index contributed by atoms with van der Waals surface area (Å²) in [5.41, 5.74) is 2.12. The van der Waals surface area contributed by atoms with Crippen LogP contribution in [0, 0.1) is 11.7 Å². The van der Waals surface area contributed by atoms with Gasteiger partial charge < -0.3 is 19.5 Å². The summed E-state index contributed by atoms with van der Waals surface area (Å²) in [6, 6.07) is 13.3. The minimum atomic E-state index is -0.494. The molecule has 0 bridgehead atoms. The SMILES string of the molecule is COc1ccc(C(=O)NCC(C)(c2ccc(OC)c(-c3ccc(F)c(Cl)c3)n2)C2CC2)cc1OC. The molecule has 8 heteroatoms. The summed E-state index contributed by atoms with van der Waals surface area (Å²) >= 11 is 6.02. The third-order valence-corrected chi connectivity index (χ3v) is 6.89. The van der Waals surface area contributed by atoms with Crippen LogP contribution < -0.4 is 19.5 Å². The Hall–Kier alpha value is -3.32. The molecule has 0 spiro atoms. The molecule has 1 unspecified atom stereocenters. The number of nitrogens with zero attached hydrogens (tertiary/aromatic N) is 1. The lowest BCUT2D eigenvalue weighted by atomic mass is 9.80. The lowest BCUT2D eigenvalue weighted by Gasteiger charge is -2.30. The van der Waals surface area contributed by atoms with Crippen molar-refractivity contribution in [3.05, 3.63) is 70.6 Å². The zero-order chi connectivity index (χ0) is 25.2. The molecular weight excluding hydrogens is 471 g/mol. The molecule has 1 heterocycles. The molecular formula is C27H28ClFN2O4. The molecule has 1 aliphatic carbocycles. The number of halogens is 2. The number of aromatic nitrogens is 1. The molecule has 35 heavy (non-hydrogen) atoms. The highest BCUT2D eigenvalue weighted by molar-refractivity contribution is 6.31. The molecule has 1 amide bonds. The van der Waals surface area contributed by atoms with E-state index in [-0.39, 0.29) is 10.9 Å². The summed E-state index contributed by atoms with van der Waals surface area (Å²) in [6.45, 7) is 2.50. The van der Waals surface area contributed by atoms with Gasteiger partial charge in [0.1, 0.15) is 17.3 Å². The highest BCUT2D eigenvalue weighted by Gasteiger charge is 2.44. The molecule has 2 aromatic carbocycles. The molecule has 1 atom stereocenters. The van der Waals surface area contributed by atoms with E-state index < -0.39 is 11.2 Å². The highest BCUT2D eigenvalue weighted by atomic mass is 35.5. The monoisotopic (exact) mass is 498 g/mol. The van der Waals surface area contributed by atoms with Crippen LogP contribution in [0.15, 0.2) is 48.5 Å². The molecule has 1 fully saturated rings. The van der Waals surface area contributed by atoms with E-state index in [4.69, 9.17) is 30.8 Å². The van der Waals surface area contributed by atoms with E-state index in [0.29, 0.717) is 46.5 Å². The van der Waals surface area contributed by atoms with Crippen LogP contribution in [0.5, 0.6) is 17.2 Å². The zero-order valence-corrected chi connectivity index (χ0v) is 20.9. The van der Waals surface area contributed by atoms with Crippen LogP contribution in [0.1, 0.15) is 35.8 Å². The second-order valence-electron chi connectivity index (χ2n) is 8.82. The van der Waals surface area contributed by atoms with Gasteiger partial charge in [0.15, 0.2) is 11.5 Å². The first kappa shape index (κ1) is 24.8. The molecule has 0 saturated heterocycles. The number of rotatable bonds is 9. The fourth-order valence-electron chi connectivity index (χ4n) is 4.29. The van der Waals surface area contributed by atoms with Gasteiger partial charge in [0, 0.05) is 28.8 Å². The van der Waals surface area contributed by atoms with Crippen molar-refractivity contribution in [1.82, 2.24) is 10.3 Å². The molecule has 0 radical (unpaired) electrons. The average molecular weight is 499 g/mol. The molecule has 1 aliphatic rings. The number of benzene rings is 2. The number of amides is 1. The Balaban J connectivity index is 1.63. The van der Waals surface area contributed by atoms with Crippen molar-refractivity contribution >= 4 is 17.5 Å². The third-order valence-electron chi connectivity index (χ3n) is 6.60. The van der Waals surface area contributed by atoms with Crippen LogP contribution in [-0.2, 0) is 5.41 Å². The Morgan fingerprint density at radius 1 is 1.03 bits per heavy atom. The Kier molecular flexibility index (Phi) is 7.17. The Morgan fingerprint density at radius 2 is 1.71 bits per heavy atom. The van der Waals surface area contributed by atoms with Gasteiger partial charge in [0.25, 0.3) is 5.91 Å². The van der Waals surface area contributed by atoms with Crippen LogP contribution >= 0.6 is 11.6 Å². The fourth-order valence-corrected chi connectivity index (χ4v) is 4.47. The lowest BCUT2D eigenvalue weighted by Crippen LogP contribution is -2.41. The number of carbonyl (C=O) groups excluding carboxylic acids is 1. The van der Waals surface area contributed by atoms with E-state index in [9.17, 15) is 9.18 Å². The second-order valence-corrected chi connectivity index (χ2v) is 9.23. The molecule has 184 valence electrons. The largest absolute Gasteiger partial charge is 0.494 e. The highest BCUT2D eigenvalue weighted by Crippen LogP contribution is 2.47. The van der Waals surface area contributed by atoms with Crippen molar-refractivity contribution < 1.29 is 23.4 Å². The fraction of sp³-hybridized carbons (Fsp3) is 0.333. The zero-order valence-electron chi connectivity index (χ0n) is 20.2. The number of nitrogens with one attached hydrogen (secondary N) is 1. The summed E-state index contributed by atoms with van der Waals surface area (Å²) in [4.78, 5) is 17.9. The van der Waals surface area contributed by atoms with Crippen LogP contribution in [-0.4, -0.2) is 38.8 Å². The number of ether oxygens (including phenoxy) is 3. The van der Waals surface area contributed by atoms with Gasteiger partial charge in [-0.15, -0.1) is 0 Å². The standard InChI is InChI=1S/C27H28ClFN2O4/c1-27(18-7-8-18,15-30-26(32)17-6-10-21(33-2)23(14-17)35-4)24-12-11-22(34-3)25(31-24)16-5-9-20(29)19(28)13-16/h5-6,9-14,18H,7-8,15H2,1-4H3,(H,30,32). The molecule has 1 N–H and O–H groups in total. The first-order chi connectivity index (χ1) is 16.8. The number of methoxy groups -OCH3 is 3. The summed E-state index contributed by atoms with van der Waals surface area (Å²) in [6.07, 6.45) is 2.10. The van der Waals surface area contributed by atoms with Gasteiger partial charge in [0.2, 0.25) is 0 Å². The molecule has 6 nitrogen and oxygen atoms in total. The van der Waals surface area contributed by atoms with Gasteiger partial charge in [0.05, 0.1) is 26.4 Å². The normalized spacial score (nSPS) is 14.7. The van der Waals surface area contributed by atoms with Crippen LogP contribution in [0.4, 0.5) is 4.39 Å². The molecule has 3 aromatic rings. The van der Waals surface area contributed by atoms with Crippen LogP contribution in [0.25, 0.3) is 11.3 Å². The number of hydrogen-bond donors (Lipinski definition) is 1. The van der Waals surface area contributed by atoms with Gasteiger partial charge in [-0.1, -0.05) is 18.5 Å². The Morgan fingerprint density at radius 3 is 2.34 bits per heavy atom. The molecule has 1 aromatic heterocycles. The van der Waals surface area contributed by atoms with Gasteiger partial charge in [-0.25, -0.2) is 9.37 Å². The van der Waals surface area contributed by atoms with Gasteiger partial charge in [-0.05, 0) is 67.3 Å². The maximum Gasteiger partial charge on any atom is 0.251 e. The minimum Gasteiger partial charge on any atom is -0.494 e. The minimum absolute atomic E-state index is 0.0175. The molecule has 0 aliphatic heterocycles. The van der Waals surface area contributed by atoms with Crippen molar-refractivity contribution in [2.24, 2.45) is 5.92 Å². The average Bonchev–Trinajstić information content (AvgIpc) is 3.74. The Bertz CT molecular complexity index is 1250. The first-order valence-corrected chi connectivity index (χ1v) is 11.7. The van der Waals surface area contributed by atoms with Gasteiger partial charge >= 0.3 is 0 Å². The summed E-state index contributed by atoms with van der Waals surface area (Å²) < 4.78 is 29.8. The number of hydrogen-bond acceptors (Lipinski definition) is 5. The van der Waals surface area contributed by atoms with E-state index in [1.807, 2.05) is 12.1 Å². The summed E-state index contributed by atoms with van der Waals surface area (Å²) in [5, 5.41) is 3.09. The van der Waals surface area contributed by atoms with Gasteiger partial charge in [-0.3, -0.25) is 4.79 Å². The van der Waals surface area contributed by atoms with Crippen molar-refractivity contribution in [3.8, 4) is 28.5 Å². The lowest BCUT2D eigenvalue weighted by molar-refractivity contribution is 0.0941. The van der Waals surface area contributed by atoms with E-state index in [1.54, 1.807) is 44.6 Å². The smallest absolute Gasteiger partial charge is 0.251 e. The number of pyridine rings is 1.